The average Bonchev–Trinajstić information content (AvgIpc) is 3.85. The van der Waals surface area contributed by atoms with E-state index in [1.54, 1.807) is 12.1 Å². The summed E-state index contributed by atoms with van der Waals surface area (Å²) in [6, 6.07) is 2.82. The summed E-state index contributed by atoms with van der Waals surface area (Å²) in [6.07, 6.45) is 8.99. The van der Waals surface area contributed by atoms with E-state index in [0.29, 0.717) is 35.5 Å². The maximum Gasteiger partial charge on any atom is 0.410 e. The Morgan fingerprint density at radius 3 is 2.55 bits per heavy atom. The van der Waals surface area contributed by atoms with Crippen LogP contribution in [0.1, 0.15) is 81.8 Å². The maximum absolute atomic E-state index is 14.5. The molecule has 0 unspecified atom stereocenters. The van der Waals surface area contributed by atoms with Crippen molar-refractivity contribution in [3.05, 3.63) is 47.3 Å². The van der Waals surface area contributed by atoms with Crippen molar-refractivity contribution >= 4 is 51.2 Å². The molecule has 16 heteroatoms. The summed E-state index contributed by atoms with van der Waals surface area (Å²) < 4.78 is 48.0. The van der Waals surface area contributed by atoms with Crippen LogP contribution in [0.2, 0.25) is 0 Å². The van der Waals surface area contributed by atoms with Crippen LogP contribution >= 0.6 is 12.2 Å². The Kier molecular flexibility index (Phi) is 10.00. The van der Waals surface area contributed by atoms with Gasteiger partial charge in [-0.05, 0) is 75.2 Å². The van der Waals surface area contributed by atoms with E-state index in [1.807, 2.05) is 17.1 Å². The summed E-state index contributed by atoms with van der Waals surface area (Å²) in [5.74, 6) is -2.64. The molecule has 276 valence electrons. The lowest BCUT2D eigenvalue weighted by Gasteiger charge is -2.31. The lowest BCUT2D eigenvalue weighted by molar-refractivity contribution is -0.141. The quantitative estimate of drug-likeness (QED) is 0.303. The number of allylic oxidation sites excluding steroid dienone is 1. The van der Waals surface area contributed by atoms with Gasteiger partial charge in [0.05, 0.1) is 18.3 Å². The molecule has 4 aliphatic heterocycles. The fourth-order valence-corrected chi connectivity index (χ4v) is 9.42. The normalized spacial score (nSPS) is 29.6. The minimum atomic E-state index is -3.89. The number of hydrogen-bond donors (Lipinski definition) is 3. The summed E-state index contributed by atoms with van der Waals surface area (Å²) in [5.41, 5.74) is -0.394. The number of nitrogens with zero attached hydrogens (tertiary/aromatic N) is 3. The molecule has 4 fully saturated rings. The molecule has 3 N–H and O–H groups in total. The standard InChI is InChI=1S/C35H45FN6O7S2/c36-27-11-8-9-22-19-41(21-26(22)27)34(46)49-24-17-29-30(43)38-35(32(45)39-51(47,48)25-13-14-25)18-23(35)10-4-2-1-3-5-12-28(31(44)42(29)20-24)37-33(50)40-15-6-7-16-40/h4,8-11,23-25,28-29H,1-3,5-7,12-21H2,(H,37,50)(H,38,43)(H,39,45)/t23-,24-,28+,29+,35-/m1/s1. The number of carbonyl (C=O) groups is 4. The van der Waals surface area contributed by atoms with Crippen molar-refractivity contribution < 1.29 is 36.7 Å². The third-order valence-corrected chi connectivity index (χ3v) is 13.2. The van der Waals surface area contributed by atoms with E-state index in [1.165, 1.54) is 15.9 Å². The minimum Gasteiger partial charge on any atom is -0.444 e. The Bertz CT molecular complexity index is 1730. The first-order valence-electron chi connectivity index (χ1n) is 18.1. The highest BCUT2D eigenvalue weighted by molar-refractivity contribution is 7.91. The number of carbonyl (C=O) groups excluding carboxylic acids is 4. The van der Waals surface area contributed by atoms with E-state index in [-0.39, 0.29) is 38.4 Å². The van der Waals surface area contributed by atoms with E-state index in [2.05, 4.69) is 15.4 Å². The number of thiocarbonyl (C=S) groups is 1. The number of ether oxygens (including phenoxy) is 1. The van der Waals surface area contributed by atoms with Gasteiger partial charge in [-0.15, -0.1) is 0 Å². The van der Waals surface area contributed by atoms with Crippen molar-refractivity contribution in [2.24, 2.45) is 5.92 Å². The summed E-state index contributed by atoms with van der Waals surface area (Å²) in [5, 5.41) is 5.97. The second kappa shape index (κ2) is 14.3. The second-order valence-corrected chi connectivity index (χ2v) is 17.0. The minimum absolute atomic E-state index is 0.0381. The van der Waals surface area contributed by atoms with E-state index < -0.39 is 68.6 Å². The second-order valence-electron chi connectivity index (χ2n) is 14.7. The van der Waals surface area contributed by atoms with Gasteiger partial charge in [-0.3, -0.25) is 24.0 Å². The molecule has 5 atom stereocenters. The predicted molar refractivity (Wildman–Crippen MR) is 188 cm³/mol. The third-order valence-electron chi connectivity index (χ3n) is 11.0. The molecule has 0 spiro atoms. The van der Waals surface area contributed by atoms with Gasteiger partial charge in [-0.2, -0.15) is 0 Å². The van der Waals surface area contributed by atoms with Gasteiger partial charge in [0.15, 0.2) is 5.11 Å². The van der Waals surface area contributed by atoms with Gasteiger partial charge >= 0.3 is 6.09 Å². The number of nitrogens with one attached hydrogen (secondary N) is 3. The topological polar surface area (TPSA) is 157 Å². The Morgan fingerprint density at radius 1 is 1.02 bits per heavy atom. The maximum atomic E-state index is 14.5. The molecular formula is C35H45FN6O7S2. The third kappa shape index (κ3) is 7.57. The zero-order valence-corrected chi connectivity index (χ0v) is 30.1. The average molecular weight is 745 g/mol. The first-order chi connectivity index (χ1) is 24.4. The summed E-state index contributed by atoms with van der Waals surface area (Å²) in [7, 11) is -3.89. The molecule has 2 aliphatic carbocycles. The molecule has 4 amide bonds. The fraction of sp³-hybridized carbons (Fsp3) is 0.629. The van der Waals surface area contributed by atoms with Crippen LogP contribution in [0.25, 0.3) is 0 Å². The molecule has 6 aliphatic rings. The van der Waals surface area contributed by atoms with Crippen molar-refractivity contribution in [3.8, 4) is 0 Å². The molecule has 0 radical (unpaired) electrons. The van der Waals surface area contributed by atoms with Crippen LogP contribution in [0.3, 0.4) is 0 Å². The first kappa shape index (κ1) is 35.6. The highest BCUT2D eigenvalue weighted by atomic mass is 32.2. The van der Waals surface area contributed by atoms with Gasteiger partial charge in [0.2, 0.25) is 21.8 Å². The van der Waals surface area contributed by atoms with Crippen LogP contribution in [0, 0.1) is 11.7 Å². The lowest BCUT2D eigenvalue weighted by atomic mass is 10.0. The molecular weight excluding hydrogens is 700 g/mol. The number of halogens is 1. The fourth-order valence-electron chi connectivity index (χ4n) is 7.74. The van der Waals surface area contributed by atoms with Crippen molar-refractivity contribution in [1.29, 1.82) is 0 Å². The zero-order chi connectivity index (χ0) is 35.9. The van der Waals surface area contributed by atoms with Crippen LogP contribution in [0.5, 0.6) is 0 Å². The summed E-state index contributed by atoms with van der Waals surface area (Å²) in [6.45, 7) is 1.71. The molecule has 4 heterocycles. The largest absolute Gasteiger partial charge is 0.444 e. The van der Waals surface area contributed by atoms with E-state index in [0.717, 1.165) is 51.6 Å². The first-order valence-corrected chi connectivity index (χ1v) is 20.0. The number of rotatable bonds is 5. The van der Waals surface area contributed by atoms with Crippen LogP contribution in [0.4, 0.5) is 9.18 Å². The monoisotopic (exact) mass is 744 g/mol. The Labute approximate surface area is 302 Å². The SMILES string of the molecule is O=C1N[C@]2(C(=O)NS(=O)(=O)C3CC3)C[C@H]2C=CCCCCC[C@H](NC(=S)N2CCCC2)C(=O)N2C[C@H](OC(=O)N3Cc4cccc(F)c4C3)C[C@@H]12. The van der Waals surface area contributed by atoms with Gasteiger partial charge in [0.1, 0.15) is 29.5 Å². The summed E-state index contributed by atoms with van der Waals surface area (Å²) >= 11 is 5.71. The van der Waals surface area contributed by atoms with Crippen molar-refractivity contribution in [1.82, 2.24) is 30.1 Å². The summed E-state index contributed by atoms with van der Waals surface area (Å²) in [4.78, 5) is 60.5. The van der Waals surface area contributed by atoms with Crippen LogP contribution in [0.15, 0.2) is 30.4 Å². The number of fused-ring (bicyclic) bond motifs is 3. The Hall–Kier alpha value is -3.79. The molecule has 2 saturated heterocycles. The highest BCUT2D eigenvalue weighted by Gasteiger charge is 2.62. The van der Waals surface area contributed by atoms with Crippen molar-refractivity contribution in [2.45, 2.75) is 113 Å². The van der Waals surface area contributed by atoms with Gasteiger partial charge in [-0.25, -0.2) is 17.6 Å². The van der Waals surface area contributed by atoms with Crippen molar-refractivity contribution in [3.63, 3.8) is 0 Å². The van der Waals surface area contributed by atoms with E-state index in [9.17, 15) is 32.0 Å². The number of likely N-dealkylation sites (tertiary alicyclic amines) is 1. The smallest absolute Gasteiger partial charge is 0.410 e. The van der Waals surface area contributed by atoms with Gasteiger partial charge in [0, 0.05) is 37.5 Å². The number of hydrogen-bond acceptors (Lipinski definition) is 8. The zero-order valence-electron chi connectivity index (χ0n) is 28.5. The van der Waals surface area contributed by atoms with E-state index >= 15 is 0 Å². The van der Waals surface area contributed by atoms with Crippen LogP contribution in [-0.2, 0) is 42.2 Å². The molecule has 51 heavy (non-hydrogen) atoms. The molecule has 13 nitrogen and oxygen atoms in total. The Balaban J connectivity index is 1.13. The molecule has 7 rings (SSSR count). The van der Waals surface area contributed by atoms with Crippen LogP contribution < -0.4 is 15.4 Å². The van der Waals surface area contributed by atoms with Gasteiger partial charge < -0.3 is 25.2 Å². The Morgan fingerprint density at radius 2 is 1.80 bits per heavy atom. The molecule has 0 aromatic heterocycles. The highest BCUT2D eigenvalue weighted by Crippen LogP contribution is 2.46. The van der Waals surface area contributed by atoms with Gasteiger partial charge in [-0.1, -0.05) is 37.1 Å². The number of sulfonamides is 1. The van der Waals surface area contributed by atoms with Crippen molar-refractivity contribution in [2.75, 3.05) is 19.6 Å². The predicted octanol–water partition coefficient (Wildman–Crippen LogP) is 2.59. The molecule has 2 saturated carbocycles. The number of benzene rings is 1. The molecule has 1 aromatic rings. The lowest BCUT2D eigenvalue weighted by Crippen LogP contribution is -2.58. The molecule has 0 bridgehead atoms. The van der Waals surface area contributed by atoms with E-state index in [4.69, 9.17) is 17.0 Å². The number of amides is 4. The molecule has 1 aromatic carbocycles. The van der Waals surface area contributed by atoms with Gasteiger partial charge in [0.25, 0.3) is 5.91 Å². The van der Waals surface area contributed by atoms with Crippen LogP contribution in [-0.4, -0.2) is 101 Å².